The smallest absolute Gasteiger partial charge is 0.0700 e. The van der Waals surface area contributed by atoms with Crippen molar-refractivity contribution in [3.05, 3.63) is 70.9 Å². The first kappa shape index (κ1) is 15.6. The molecule has 0 aliphatic heterocycles. The third kappa shape index (κ3) is 3.92. The van der Waals surface area contributed by atoms with Gasteiger partial charge in [-0.05, 0) is 36.2 Å². The second kappa shape index (κ2) is 7.31. The molecular formula is C18H18ClN3O. The fourth-order valence-corrected chi connectivity index (χ4v) is 2.64. The van der Waals surface area contributed by atoms with Crippen LogP contribution in [0, 0.1) is 0 Å². The summed E-state index contributed by atoms with van der Waals surface area (Å²) in [5.74, 6) is 0. The largest absolute Gasteiger partial charge is 0.396 e. The van der Waals surface area contributed by atoms with Crippen LogP contribution in [0.1, 0.15) is 11.1 Å². The Morgan fingerprint density at radius 1 is 1.13 bits per heavy atom. The molecule has 3 aromatic rings. The van der Waals surface area contributed by atoms with Crippen LogP contribution >= 0.6 is 11.6 Å². The van der Waals surface area contributed by atoms with Gasteiger partial charge in [0.1, 0.15) is 0 Å². The highest BCUT2D eigenvalue weighted by molar-refractivity contribution is 6.30. The first-order valence-electron chi connectivity index (χ1n) is 7.48. The van der Waals surface area contributed by atoms with Gasteiger partial charge in [0.2, 0.25) is 0 Å². The van der Waals surface area contributed by atoms with Gasteiger partial charge in [0.15, 0.2) is 0 Å². The lowest BCUT2D eigenvalue weighted by atomic mass is 10.1. The van der Waals surface area contributed by atoms with Crippen molar-refractivity contribution in [3.63, 3.8) is 0 Å². The van der Waals surface area contributed by atoms with Gasteiger partial charge in [-0.2, -0.15) is 5.10 Å². The quantitative estimate of drug-likeness (QED) is 0.644. The van der Waals surface area contributed by atoms with Gasteiger partial charge in [-0.25, -0.2) is 0 Å². The Labute approximate surface area is 140 Å². The standard InChI is InChI=1S/C18H18ClN3O/c19-16-3-1-2-14(10-16)18-15(12-21-22-18)11-20-17-6-4-13(5-7-17)8-9-23/h1-7,10,12,20,23H,8-9,11H2,(H,21,22). The second-order valence-electron chi connectivity index (χ2n) is 5.30. The first-order valence-corrected chi connectivity index (χ1v) is 7.86. The fraction of sp³-hybridized carbons (Fsp3) is 0.167. The molecule has 0 spiro atoms. The Balaban J connectivity index is 1.71. The van der Waals surface area contributed by atoms with Gasteiger partial charge in [0.25, 0.3) is 0 Å². The molecule has 2 aromatic carbocycles. The van der Waals surface area contributed by atoms with Crippen LogP contribution in [0.3, 0.4) is 0 Å². The Hall–Kier alpha value is -2.30. The summed E-state index contributed by atoms with van der Waals surface area (Å²) in [6, 6.07) is 15.8. The Bertz CT molecular complexity index is 768. The number of aromatic nitrogens is 2. The molecule has 1 heterocycles. The minimum absolute atomic E-state index is 0.171. The molecule has 3 N–H and O–H groups in total. The van der Waals surface area contributed by atoms with E-state index in [1.54, 1.807) is 0 Å². The maximum absolute atomic E-state index is 8.94. The van der Waals surface area contributed by atoms with E-state index in [9.17, 15) is 0 Å². The zero-order valence-electron chi connectivity index (χ0n) is 12.6. The van der Waals surface area contributed by atoms with E-state index >= 15 is 0 Å². The summed E-state index contributed by atoms with van der Waals surface area (Å²) in [6.45, 7) is 0.836. The lowest BCUT2D eigenvalue weighted by Gasteiger charge is -2.08. The minimum atomic E-state index is 0.171. The lowest BCUT2D eigenvalue weighted by Crippen LogP contribution is -2.00. The number of halogens is 1. The zero-order chi connectivity index (χ0) is 16.1. The highest BCUT2D eigenvalue weighted by Crippen LogP contribution is 2.24. The number of hydrogen-bond donors (Lipinski definition) is 3. The third-order valence-corrected chi connectivity index (χ3v) is 3.90. The second-order valence-corrected chi connectivity index (χ2v) is 5.74. The molecule has 4 nitrogen and oxygen atoms in total. The van der Waals surface area contributed by atoms with Gasteiger partial charge in [0.05, 0.1) is 11.9 Å². The number of nitrogens with one attached hydrogen (secondary N) is 2. The number of anilines is 1. The van der Waals surface area contributed by atoms with Gasteiger partial charge in [-0.3, -0.25) is 5.10 Å². The number of nitrogens with zero attached hydrogens (tertiary/aromatic N) is 1. The van der Waals surface area contributed by atoms with E-state index in [-0.39, 0.29) is 6.61 Å². The third-order valence-electron chi connectivity index (χ3n) is 3.67. The maximum Gasteiger partial charge on any atom is 0.0700 e. The predicted octanol–water partition coefficient (Wildman–Crippen LogP) is 3.88. The monoisotopic (exact) mass is 327 g/mol. The number of hydrogen-bond acceptors (Lipinski definition) is 3. The number of aliphatic hydroxyl groups is 1. The van der Waals surface area contributed by atoms with Crippen molar-refractivity contribution in [3.8, 4) is 11.3 Å². The summed E-state index contributed by atoms with van der Waals surface area (Å²) in [4.78, 5) is 0. The molecule has 0 aliphatic rings. The molecule has 0 saturated carbocycles. The maximum atomic E-state index is 8.94. The van der Waals surface area contributed by atoms with Gasteiger partial charge >= 0.3 is 0 Å². The molecule has 0 atom stereocenters. The molecule has 0 fully saturated rings. The van der Waals surface area contributed by atoms with E-state index in [1.165, 1.54) is 0 Å². The first-order chi connectivity index (χ1) is 11.3. The van der Waals surface area contributed by atoms with Gasteiger partial charge < -0.3 is 10.4 Å². The Kier molecular flexibility index (Phi) is 4.95. The van der Waals surface area contributed by atoms with Crippen LogP contribution in [0.25, 0.3) is 11.3 Å². The van der Waals surface area contributed by atoms with Crippen molar-refractivity contribution in [2.45, 2.75) is 13.0 Å². The van der Waals surface area contributed by atoms with Crippen molar-refractivity contribution in [2.24, 2.45) is 0 Å². The van der Waals surface area contributed by atoms with E-state index < -0.39 is 0 Å². The number of H-pyrrole nitrogens is 1. The van der Waals surface area contributed by atoms with Gasteiger partial charge in [-0.15, -0.1) is 0 Å². The molecule has 3 rings (SSSR count). The topological polar surface area (TPSA) is 60.9 Å². The summed E-state index contributed by atoms with van der Waals surface area (Å²) < 4.78 is 0. The van der Waals surface area contributed by atoms with Crippen LogP contribution in [-0.4, -0.2) is 21.9 Å². The summed E-state index contributed by atoms with van der Waals surface area (Å²) >= 11 is 6.06. The molecule has 23 heavy (non-hydrogen) atoms. The van der Waals surface area contributed by atoms with Crippen molar-refractivity contribution < 1.29 is 5.11 Å². The van der Waals surface area contributed by atoms with Gasteiger partial charge in [-0.1, -0.05) is 35.9 Å². The molecule has 118 valence electrons. The highest BCUT2D eigenvalue weighted by atomic mass is 35.5. The normalized spacial score (nSPS) is 10.7. The van der Waals surface area contributed by atoms with Crippen LogP contribution in [0.15, 0.2) is 54.7 Å². The van der Waals surface area contributed by atoms with E-state index in [0.717, 1.165) is 28.1 Å². The fourth-order valence-electron chi connectivity index (χ4n) is 2.45. The number of benzene rings is 2. The summed E-state index contributed by atoms with van der Waals surface area (Å²) in [7, 11) is 0. The Morgan fingerprint density at radius 2 is 1.96 bits per heavy atom. The van der Waals surface area contributed by atoms with E-state index in [2.05, 4.69) is 15.5 Å². The van der Waals surface area contributed by atoms with Crippen LogP contribution in [0.5, 0.6) is 0 Å². The summed E-state index contributed by atoms with van der Waals surface area (Å²) in [6.07, 6.45) is 2.50. The summed E-state index contributed by atoms with van der Waals surface area (Å²) in [5, 5.41) is 20.2. The van der Waals surface area contributed by atoms with Crippen molar-refractivity contribution in [2.75, 3.05) is 11.9 Å². The molecule has 0 saturated heterocycles. The molecule has 0 aliphatic carbocycles. The molecule has 5 heteroatoms. The molecule has 0 radical (unpaired) electrons. The summed E-state index contributed by atoms with van der Waals surface area (Å²) in [5.41, 5.74) is 5.22. The molecule has 1 aromatic heterocycles. The zero-order valence-corrected chi connectivity index (χ0v) is 13.3. The highest BCUT2D eigenvalue weighted by Gasteiger charge is 2.08. The average molecular weight is 328 g/mol. The van der Waals surface area contributed by atoms with Crippen molar-refractivity contribution in [1.82, 2.24) is 10.2 Å². The number of aromatic amines is 1. The lowest BCUT2D eigenvalue weighted by molar-refractivity contribution is 0.299. The van der Waals surface area contributed by atoms with Crippen molar-refractivity contribution in [1.29, 1.82) is 0 Å². The van der Waals surface area contributed by atoms with Crippen LogP contribution in [-0.2, 0) is 13.0 Å². The van der Waals surface area contributed by atoms with Crippen molar-refractivity contribution >= 4 is 17.3 Å². The SMILES string of the molecule is OCCc1ccc(NCc2cn[nH]c2-c2cccc(Cl)c2)cc1. The predicted molar refractivity (Wildman–Crippen MR) is 93.6 cm³/mol. The Morgan fingerprint density at radius 3 is 2.70 bits per heavy atom. The molecule has 0 unspecified atom stereocenters. The number of rotatable bonds is 6. The molecule has 0 amide bonds. The van der Waals surface area contributed by atoms with E-state index in [4.69, 9.17) is 16.7 Å². The van der Waals surface area contributed by atoms with E-state index in [0.29, 0.717) is 18.0 Å². The molecule has 0 bridgehead atoms. The van der Waals surface area contributed by atoms with Crippen LogP contribution in [0.4, 0.5) is 5.69 Å². The van der Waals surface area contributed by atoms with E-state index in [1.807, 2.05) is 54.7 Å². The average Bonchev–Trinajstić information content (AvgIpc) is 3.03. The van der Waals surface area contributed by atoms with Crippen LogP contribution in [0.2, 0.25) is 5.02 Å². The van der Waals surface area contributed by atoms with Crippen LogP contribution < -0.4 is 5.32 Å². The number of aliphatic hydroxyl groups excluding tert-OH is 1. The van der Waals surface area contributed by atoms with Gasteiger partial charge in [0, 0.05) is 35.0 Å². The molecular weight excluding hydrogens is 310 g/mol. The minimum Gasteiger partial charge on any atom is -0.396 e.